The summed E-state index contributed by atoms with van der Waals surface area (Å²) in [6.45, 7) is 0.373. The maximum absolute atomic E-state index is 13.6. The van der Waals surface area contributed by atoms with Crippen molar-refractivity contribution in [3.05, 3.63) is 65.2 Å². The average molecular weight is 265 g/mol. The van der Waals surface area contributed by atoms with E-state index < -0.39 is 0 Å². The van der Waals surface area contributed by atoms with E-state index in [1.807, 2.05) is 0 Å². The van der Waals surface area contributed by atoms with E-state index in [-0.39, 0.29) is 11.6 Å². The maximum Gasteiger partial charge on any atom is 0.136 e. The number of rotatable bonds is 4. The highest BCUT2D eigenvalue weighted by Crippen LogP contribution is 2.26. The first kappa shape index (κ1) is 13.1. The van der Waals surface area contributed by atoms with Crippen LogP contribution in [0.2, 0.25) is 0 Å². The van der Waals surface area contributed by atoms with Gasteiger partial charge in [-0.15, -0.1) is 11.8 Å². The van der Waals surface area contributed by atoms with Crippen LogP contribution >= 0.6 is 11.8 Å². The van der Waals surface area contributed by atoms with E-state index in [1.54, 1.807) is 30.3 Å². The second-order valence-electron chi connectivity index (χ2n) is 3.85. The van der Waals surface area contributed by atoms with Crippen molar-refractivity contribution in [1.82, 2.24) is 0 Å². The minimum Gasteiger partial charge on any atom is -0.326 e. The number of thioether (sulfide) groups is 1. The average Bonchev–Trinajstić information content (AvgIpc) is 2.39. The van der Waals surface area contributed by atoms with Gasteiger partial charge in [0.05, 0.1) is 0 Å². The number of nitrogens with two attached hydrogens (primary N) is 1. The van der Waals surface area contributed by atoms with Gasteiger partial charge in [0.15, 0.2) is 0 Å². The van der Waals surface area contributed by atoms with E-state index >= 15 is 0 Å². The van der Waals surface area contributed by atoms with Gasteiger partial charge in [-0.05, 0) is 29.3 Å². The molecular weight excluding hydrogens is 252 g/mol. The highest BCUT2D eigenvalue weighted by atomic mass is 32.2. The van der Waals surface area contributed by atoms with Gasteiger partial charge in [-0.2, -0.15) is 0 Å². The molecule has 18 heavy (non-hydrogen) atoms. The first-order chi connectivity index (χ1) is 8.70. The van der Waals surface area contributed by atoms with Gasteiger partial charge in [0.25, 0.3) is 0 Å². The second kappa shape index (κ2) is 5.98. The lowest BCUT2D eigenvalue weighted by molar-refractivity contribution is 0.601. The molecule has 0 saturated heterocycles. The predicted octanol–water partition coefficient (Wildman–Crippen LogP) is 3.72. The minimum absolute atomic E-state index is 0.280. The molecule has 0 aliphatic rings. The summed E-state index contributed by atoms with van der Waals surface area (Å²) in [5, 5.41) is 0. The third-order valence-electron chi connectivity index (χ3n) is 2.57. The zero-order chi connectivity index (χ0) is 13.0. The van der Waals surface area contributed by atoms with Crippen LogP contribution in [-0.4, -0.2) is 0 Å². The lowest BCUT2D eigenvalue weighted by Gasteiger charge is -2.06. The molecule has 2 aromatic carbocycles. The summed E-state index contributed by atoms with van der Waals surface area (Å²) in [5.41, 5.74) is 6.93. The van der Waals surface area contributed by atoms with E-state index in [9.17, 15) is 8.78 Å². The quantitative estimate of drug-likeness (QED) is 0.853. The van der Waals surface area contributed by atoms with Crippen LogP contribution in [0.1, 0.15) is 11.1 Å². The van der Waals surface area contributed by atoms with Crippen molar-refractivity contribution in [3.63, 3.8) is 0 Å². The molecule has 0 saturated carbocycles. The van der Waals surface area contributed by atoms with Crippen LogP contribution in [0.5, 0.6) is 0 Å². The molecule has 0 atom stereocenters. The Morgan fingerprint density at radius 3 is 2.50 bits per heavy atom. The van der Waals surface area contributed by atoms with Crippen molar-refractivity contribution >= 4 is 11.8 Å². The molecule has 0 radical (unpaired) electrons. The lowest BCUT2D eigenvalue weighted by Crippen LogP contribution is -1.98. The van der Waals surface area contributed by atoms with E-state index in [1.165, 1.54) is 23.9 Å². The normalized spacial score (nSPS) is 10.6. The molecule has 0 unspecified atom stereocenters. The first-order valence-corrected chi connectivity index (χ1v) is 6.54. The number of hydrogen-bond acceptors (Lipinski definition) is 2. The predicted molar refractivity (Wildman–Crippen MR) is 70.3 cm³/mol. The Morgan fingerprint density at radius 2 is 1.78 bits per heavy atom. The molecule has 4 heteroatoms. The number of hydrogen-bond donors (Lipinski definition) is 1. The van der Waals surface area contributed by atoms with Crippen LogP contribution in [-0.2, 0) is 12.3 Å². The zero-order valence-corrected chi connectivity index (χ0v) is 10.5. The topological polar surface area (TPSA) is 26.0 Å². The molecule has 2 N–H and O–H groups in total. The van der Waals surface area contributed by atoms with Gasteiger partial charge in [-0.1, -0.05) is 24.3 Å². The number of halogens is 2. The molecule has 2 aromatic rings. The SMILES string of the molecule is NCc1ccc(F)c(CSc2ccccc2F)c1. The molecule has 94 valence electrons. The fourth-order valence-corrected chi connectivity index (χ4v) is 2.50. The Balaban J connectivity index is 2.13. The highest BCUT2D eigenvalue weighted by Gasteiger charge is 2.06. The highest BCUT2D eigenvalue weighted by molar-refractivity contribution is 7.98. The van der Waals surface area contributed by atoms with Crippen molar-refractivity contribution in [2.45, 2.75) is 17.2 Å². The van der Waals surface area contributed by atoms with Crippen LogP contribution in [0, 0.1) is 11.6 Å². The molecule has 0 amide bonds. The molecule has 0 aliphatic heterocycles. The molecule has 0 bridgehead atoms. The van der Waals surface area contributed by atoms with E-state index in [2.05, 4.69) is 0 Å². The maximum atomic E-state index is 13.6. The Kier molecular flexibility index (Phi) is 4.33. The van der Waals surface area contributed by atoms with E-state index in [0.29, 0.717) is 22.8 Å². The summed E-state index contributed by atoms with van der Waals surface area (Å²) >= 11 is 1.28. The Hall–Kier alpha value is -1.39. The van der Waals surface area contributed by atoms with Gasteiger partial charge in [0.2, 0.25) is 0 Å². The summed E-state index contributed by atoms with van der Waals surface area (Å²) in [5.74, 6) is -0.172. The monoisotopic (exact) mass is 265 g/mol. The van der Waals surface area contributed by atoms with Crippen LogP contribution in [0.25, 0.3) is 0 Å². The van der Waals surface area contributed by atoms with Crippen LogP contribution in [0.3, 0.4) is 0 Å². The first-order valence-electron chi connectivity index (χ1n) is 5.55. The standard InChI is InChI=1S/C14H13F2NS/c15-12-6-5-10(8-17)7-11(12)9-18-14-4-2-1-3-13(14)16/h1-7H,8-9,17H2. The molecule has 0 heterocycles. The van der Waals surface area contributed by atoms with Crippen molar-refractivity contribution < 1.29 is 8.78 Å². The summed E-state index contributed by atoms with van der Waals surface area (Å²) in [6, 6.07) is 11.3. The smallest absolute Gasteiger partial charge is 0.136 e. The van der Waals surface area contributed by atoms with E-state index in [0.717, 1.165) is 5.56 Å². The molecule has 0 fully saturated rings. The fourth-order valence-electron chi connectivity index (χ4n) is 1.58. The molecular formula is C14H13F2NS. The van der Waals surface area contributed by atoms with Gasteiger partial charge in [0.1, 0.15) is 11.6 Å². The van der Waals surface area contributed by atoms with Gasteiger partial charge in [0, 0.05) is 17.2 Å². The molecule has 0 aliphatic carbocycles. The van der Waals surface area contributed by atoms with E-state index in [4.69, 9.17) is 5.73 Å². The Labute approximate surface area is 109 Å². The minimum atomic E-state index is -0.281. The summed E-state index contributed by atoms with van der Waals surface area (Å²) in [6.07, 6.45) is 0. The van der Waals surface area contributed by atoms with Gasteiger partial charge >= 0.3 is 0 Å². The van der Waals surface area contributed by atoms with Gasteiger partial charge < -0.3 is 5.73 Å². The molecule has 0 spiro atoms. The summed E-state index contributed by atoms with van der Waals surface area (Å²) in [4.78, 5) is 0.523. The van der Waals surface area contributed by atoms with Crippen LogP contribution < -0.4 is 5.73 Å². The summed E-state index contributed by atoms with van der Waals surface area (Å²) in [7, 11) is 0. The van der Waals surface area contributed by atoms with Crippen LogP contribution in [0.4, 0.5) is 8.78 Å². The van der Waals surface area contributed by atoms with Crippen LogP contribution in [0.15, 0.2) is 47.4 Å². The van der Waals surface area contributed by atoms with Gasteiger partial charge in [-0.25, -0.2) is 8.78 Å². The third kappa shape index (κ3) is 3.09. The van der Waals surface area contributed by atoms with Crippen molar-refractivity contribution in [3.8, 4) is 0 Å². The Bertz CT molecular complexity index is 543. The summed E-state index contributed by atoms with van der Waals surface area (Å²) < 4.78 is 27.0. The molecule has 0 aromatic heterocycles. The van der Waals surface area contributed by atoms with Crippen molar-refractivity contribution in [2.75, 3.05) is 0 Å². The second-order valence-corrected chi connectivity index (χ2v) is 4.87. The van der Waals surface area contributed by atoms with Gasteiger partial charge in [-0.3, -0.25) is 0 Å². The lowest BCUT2D eigenvalue weighted by atomic mass is 10.1. The zero-order valence-electron chi connectivity index (χ0n) is 9.70. The Morgan fingerprint density at radius 1 is 1.00 bits per heavy atom. The number of benzene rings is 2. The van der Waals surface area contributed by atoms with Crippen molar-refractivity contribution in [1.29, 1.82) is 0 Å². The largest absolute Gasteiger partial charge is 0.326 e. The third-order valence-corrected chi connectivity index (χ3v) is 3.66. The van der Waals surface area contributed by atoms with Crippen molar-refractivity contribution in [2.24, 2.45) is 5.73 Å². The molecule has 2 rings (SSSR count). The molecule has 1 nitrogen and oxygen atoms in total. The fraction of sp³-hybridized carbons (Fsp3) is 0.143.